The summed E-state index contributed by atoms with van der Waals surface area (Å²) < 4.78 is 29.1. The minimum atomic E-state index is -3.51. The third-order valence-electron chi connectivity index (χ3n) is 6.68. The van der Waals surface area contributed by atoms with Crippen molar-refractivity contribution in [2.75, 3.05) is 12.3 Å². The summed E-state index contributed by atoms with van der Waals surface area (Å²) in [6, 6.07) is 14.4. The fraction of sp³-hybridized carbons (Fsp3) is 0.480. The Morgan fingerprint density at radius 1 is 1.16 bits per heavy atom. The largest absolute Gasteiger partial charge is 0.490 e. The van der Waals surface area contributed by atoms with Gasteiger partial charge in [-0.3, -0.25) is 4.99 Å². The van der Waals surface area contributed by atoms with E-state index in [1.54, 1.807) is 0 Å². The zero-order valence-electron chi connectivity index (χ0n) is 18.5. The molecule has 1 atom stereocenters. The zero-order valence-corrected chi connectivity index (χ0v) is 20.1. The van der Waals surface area contributed by atoms with E-state index < -0.39 is 10.0 Å². The van der Waals surface area contributed by atoms with Crippen LogP contribution in [0.4, 0.5) is 0 Å². The number of hydrogen-bond donors (Lipinski definition) is 1. The Hall–Kier alpha value is -1.89. The molecule has 0 spiro atoms. The van der Waals surface area contributed by atoms with Gasteiger partial charge in [-0.25, -0.2) is 13.6 Å². The SMILES string of the molecule is CCCC(CCS(N)(=O)=O)Oc1ccc2c(c1)C(C1(c3ccc(Cl)cc3)CCC1)=NCC2. The van der Waals surface area contributed by atoms with Gasteiger partial charge in [-0.1, -0.05) is 49.6 Å². The molecule has 0 amide bonds. The fourth-order valence-electron chi connectivity index (χ4n) is 4.88. The normalized spacial score (nSPS) is 18.3. The van der Waals surface area contributed by atoms with Crippen LogP contribution in [0.15, 0.2) is 47.5 Å². The van der Waals surface area contributed by atoms with Crippen LogP contribution in [0, 0.1) is 0 Å². The molecule has 2 aliphatic rings. The lowest BCUT2D eigenvalue weighted by Crippen LogP contribution is -2.44. The minimum Gasteiger partial charge on any atom is -0.490 e. The predicted octanol–water partition coefficient (Wildman–Crippen LogP) is 5.03. The van der Waals surface area contributed by atoms with Gasteiger partial charge in [-0.15, -0.1) is 0 Å². The molecule has 172 valence electrons. The first kappa shape index (κ1) is 23.3. The number of primary sulfonamides is 1. The van der Waals surface area contributed by atoms with E-state index in [-0.39, 0.29) is 17.3 Å². The lowest BCUT2D eigenvalue weighted by Gasteiger charge is -2.45. The Morgan fingerprint density at radius 3 is 2.53 bits per heavy atom. The number of aliphatic imine (C=N–C) groups is 1. The highest BCUT2D eigenvalue weighted by molar-refractivity contribution is 7.89. The van der Waals surface area contributed by atoms with Crippen LogP contribution in [0.3, 0.4) is 0 Å². The lowest BCUT2D eigenvalue weighted by atomic mass is 9.59. The molecular formula is C25H31ClN2O3S. The molecule has 1 saturated carbocycles. The summed E-state index contributed by atoms with van der Waals surface area (Å²) in [5, 5.41) is 5.95. The van der Waals surface area contributed by atoms with E-state index >= 15 is 0 Å². The van der Waals surface area contributed by atoms with Crippen molar-refractivity contribution >= 4 is 27.3 Å². The van der Waals surface area contributed by atoms with E-state index in [2.05, 4.69) is 31.2 Å². The van der Waals surface area contributed by atoms with Crippen LogP contribution in [0.5, 0.6) is 5.75 Å². The minimum absolute atomic E-state index is 0.0744. The van der Waals surface area contributed by atoms with Crippen molar-refractivity contribution in [3.05, 3.63) is 64.2 Å². The summed E-state index contributed by atoms with van der Waals surface area (Å²) >= 11 is 6.15. The summed E-state index contributed by atoms with van der Waals surface area (Å²) in [4.78, 5) is 5.02. The number of nitrogens with two attached hydrogens (primary N) is 1. The van der Waals surface area contributed by atoms with Crippen molar-refractivity contribution in [1.82, 2.24) is 0 Å². The van der Waals surface area contributed by atoms with Gasteiger partial charge in [0.25, 0.3) is 0 Å². The van der Waals surface area contributed by atoms with E-state index in [0.717, 1.165) is 60.7 Å². The molecular weight excluding hydrogens is 444 g/mol. The molecule has 0 bridgehead atoms. The summed E-state index contributed by atoms with van der Waals surface area (Å²) in [6.07, 6.45) is 6.14. The Labute approximate surface area is 196 Å². The molecule has 7 heteroatoms. The molecule has 1 aliphatic heterocycles. The molecule has 2 aromatic carbocycles. The van der Waals surface area contributed by atoms with Crippen LogP contribution < -0.4 is 9.88 Å². The number of benzene rings is 2. The van der Waals surface area contributed by atoms with Crippen molar-refractivity contribution in [2.24, 2.45) is 10.1 Å². The molecule has 0 radical (unpaired) electrons. The van der Waals surface area contributed by atoms with Crippen LogP contribution >= 0.6 is 11.6 Å². The first-order valence-corrected chi connectivity index (χ1v) is 13.5. The Morgan fingerprint density at radius 2 is 1.91 bits per heavy atom. The van der Waals surface area contributed by atoms with Gasteiger partial charge in [0.2, 0.25) is 10.0 Å². The second-order valence-electron chi connectivity index (χ2n) is 8.93. The molecule has 4 rings (SSSR count). The van der Waals surface area contributed by atoms with Gasteiger partial charge in [0.15, 0.2) is 0 Å². The molecule has 0 aromatic heterocycles. The first-order chi connectivity index (χ1) is 15.3. The highest BCUT2D eigenvalue weighted by atomic mass is 35.5. The standard InChI is InChI=1S/C25H31ClN2O3S/c1-2-4-21(12-16-32(27,29)30)31-22-10-5-18-11-15-28-24(23(18)17-22)25(13-3-14-25)19-6-8-20(26)9-7-19/h5-10,17,21H,2-4,11-16H2,1H3,(H2,27,29,30). The maximum atomic E-state index is 11.4. The molecule has 1 fully saturated rings. The summed E-state index contributed by atoms with van der Waals surface area (Å²) in [5.74, 6) is 0.687. The monoisotopic (exact) mass is 474 g/mol. The summed E-state index contributed by atoms with van der Waals surface area (Å²) in [6.45, 7) is 2.86. The van der Waals surface area contributed by atoms with E-state index in [1.165, 1.54) is 17.5 Å². The number of ether oxygens (including phenoxy) is 1. The van der Waals surface area contributed by atoms with E-state index in [1.807, 2.05) is 18.2 Å². The smallest absolute Gasteiger partial charge is 0.209 e. The second-order valence-corrected chi connectivity index (χ2v) is 11.1. The Kier molecular flexibility index (Phi) is 6.94. The third-order valence-corrected chi connectivity index (χ3v) is 7.74. The summed E-state index contributed by atoms with van der Waals surface area (Å²) in [7, 11) is -3.51. The van der Waals surface area contributed by atoms with Gasteiger partial charge in [-0.2, -0.15) is 0 Å². The number of fused-ring (bicyclic) bond motifs is 1. The zero-order chi connectivity index (χ0) is 22.8. The molecule has 32 heavy (non-hydrogen) atoms. The molecule has 1 unspecified atom stereocenters. The van der Waals surface area contributed by atoms with Crippen molar-refractivity contribution in [3.63, 3.8) is 0 Å². The van der Waals surface area contributed by atoms with Crippen molar-refractivity contribution in [2.45, 2.75) is 63.4 Å². The van der Waals surface area contributed by atoms with Crippen molar-refractivity contribution in [1.29, 1.82) is 0 Å². The predicted molar refractivity (Wildman–Crippen MR) is 130 cm³/mol. The quantitative estimate of drug-likeness (QED) is 0.553. The number of rotatable bonds is 9. The third kappa shape index (κ3) is 5.03. The molecule has 1 heterocycles. The average molecular weight is 475 g/mol. The number of hydrogen-bond acceptors (Lipinski definition) is 4. The molecule has 2 aromatic rings. The van der Waals surface area contributed by atoms with Crippen LogP contribution in [0.1, 0.15) is 62.1 Å². The number of nitrogens with zero attached hydrogens (tertiary/aromatic N) is 1. The van der Waals surface area contributed by atoms with Crippen molar-refractivity contribution in [3.8, 4) is 5.75 Å². The van der Waals surface area contributed by atoms with E-state index in [0.29, 0.717) is 6.42 Å². The van der Waals surface area contributed by atoms with Gasteiger partial charge in [-0.05, 0) is 67.5 Å². The fourth-order valence-corrected chi connectivity index (χ4v) is 5.60. The van der Waals surface area contributed by atoms with Crippen LogP contribution in [-0.4, -0.2) is 32.5 Å². The number of halogens is 1. The highest BCUT2D eigenvalue weighted by Crippen LogP contribution is 2.48. The van der Waals surface area contributed by atoms with Gasteiger partial charge in [0.1, 0.15) is 5.75 Å². The Bertz CT molecular complexity index is 1090. The lowest BCUT2D eigenvalue weighted by molar-refractivity contribution is 0.186. The van der Waals surface area contributed by atoms with Crippen LogP contribution in [0.25, 0.3) is 0 Å². The van der Waals surface area contributed by atoms with Gasteiger partial charge >= 0.3 is 0 Å². The topological polar surface area (TPSA) is 81.8 Å². The van der Waals surface area contributed by atoms with Crippen molar-refractivity contribution < 1.29 is 13.2 Å². The van der Waals surface area contributed by atoms with Crippen LogP contribution in [-0.2, 0) is 21.9 Å². The van der Waals surface area contributed by atoms with Gasteiger partial charge < -0.3 is 4.74 Å². The molecule has 5 nitrogen and oxygen atoms in total. The van der Waals surface area contributed by atoms with E-state index in [4.69, 9.17) is 26.5 Å². The highest BCUT2D eigenvalue weighted by Gasteiger charge is 2.45. The second kappa shape index (κ2) is 9.54. The van der Waals surface area contributed by atoms with Crippen LogP contribution in [0.2, 0.25) is 5.02 Å². The summed E-state index contributed by atoms with van der Waals surface area (Å²) in [5.41, 5.74) is 4.79. The first-order valence-electron chi connectivity index (χ1n) is 11.4. The molecule has 1 aliphatic carbocycles. The maximum absolute atomic E-state index is 11.4. The van der Waals surface area contributed by atoms with E-state index in [9.17, 15) is 8.42 Å². The van der Waals surface area contributed by atoms with Gasteiger partial charge in [0.05, 0.1) is 17.6 Å². The molecule has 2 N–H and O–H groups in total. The average Bonchev–Trinajstić information content (AvgIpc) is 2.72. The van der Waals surface area contributed by atoms with Gasteiger partial charge in [0, 0.05) is 22.5 Å². The number of sulfonamides is 1. The molecule has 0 saturated heterocycles. The Balaban J connectivity index is 1.63. The maximum Gasteiger partial charge on any atom is 0.209 e.